The highest BCUT2D eigenvalue weighted by molar-refractivity contribution is 7.15. The first-order valence-corrected chi connectivity index (χ1v) is 7.03. The molecule has 1 heterocycles. The number of aliphatic hydroxyl groups excluding tert-OH is 1. The quantitative estimate of drug-likeness (QED) is 0.812. The summed E-state index contributed by atoms with van der Waals surface area (Å²) in [7, 11) is 0. The van der Waals surface area contributed by atoms with Gasteiger partial charge in [0, 0.05) is 13.2 Å². The van der Waals surface area contributed by atoms with E-state index in [2.05, 4.69) is 15.5 Å². The average Bonchev–Trinajstić information content (AvgIpc) is 2.86. The molecule has 2 N–H and O–H groups in total. The van der Waals surface area contributed by atoms with E-state index in [0.717, 1.165) is 28.0 Å². The zero-order chi connectivity index (χ0) is 13.5. The third-order valence-corrected chi connectivity index (χ3v) is 3.35. The van der Waals surface area contributed by atoms with Gasteiger partial charge in [-0.3, -0.25) is 0 Å². The van der Waals surface area contributed by atoms with Crippen LogP contribution in [0.5, 0.6) is 5.75 Å². The number of hydrogen-bond acceptors (Lipinski definition) is 6. The molecule has 19 heavy (non-hydrogen) atoms. The van der Waals surface area contributed by atoms with Crippen LogP contribution in [-0.2, 0) is 13.0 Å². The van der Waals surface area contributed by atoms with Crippen LogP contribution in [0, 0.1) is 0 Å². The zero-order valence-corrected chi connectivity index (χ0v) is 11.6. The van der Waals surface area contributed by atoms with Crippen LogP contribution < -0.4 is 10.1 Å². The number of aliphatic hydroxyl groups is 1. The summed E-state index contributed by atoms with van der Waals surface area (Å²) in [5, 5.41) is 21.8. The van der Waals surface area contributed by atoms with Gasteiger partial charge in [-0.05, 0) is 25.0 Å². The van der Waals surface area contributed by atoms with Crippen molar-refractivity contribution >= 4 is 16.5 Å². The molecule has 0 saturated carbocycles. The van der Waals surface area contributed by atoms with Gasteiger partial charge in [-0.2, -0.15) is 0 Å². The number of ether oxygens (including phenoxy) is 1. The van der Waals surface area contributed by atoms with Gasteiger partial charge in [-0.1, -0.05) is 29.5 Å². The van der Waals surface area contributed by atoms with Gasteiger partial charge in [0.15, 0.2) is 5.01 Å². The molecule has 0 aliphatic rings. The van der Waals surface area contributed by atoms with E-state index in [1.807, 2.05) is 31.2 Å². The minimum Gasteiger partial charge on any atom is -0.486 e. The second-order valence-corrected chi connectivity index (χ2v) is 4.96. The Labute approximate surface area is 116 Å². The molecule has 5 nitrogen and oxygen atoms in total. The van der Waals surface area contributed by atoms with Crippen LogP contribution in [0.3, 0.4) is 0 Å². The Morgan fingerprint density at radius 3 is 2.95 bits per heavy atom. The third kappa shape index (κ3) is 3.90. The molecule has 0 bridgehead atoms. The molecule has 1 aromatic heterocycles. The Hall–Kier alpha value is -1.66. The number of aromatic nitrogens is 2. The first kappa shape index (κ1) is 13.8. The van der Waals surface area contributed by atoms with Gasteiger partial charge in [-0.15, -0.1) is 10.2 Å². The van der Waals surface area contributed by atoms with Gasteiger partial charge in [0.05, 0.1) is 0 Å². The van der Waals surface area contributed by atoms with Crippen LogP contribution in [0.2, 0.25) is 0 Å². The smallest absolute Gasteiger partial charge is 0.205 e. The van der Waals surface area contributed by atoms with E-state index < -0.39 is 0 Å². The Morgan fingerprint density at radius 2 is 2.16 bits per heavy atom. The Kier molecular flexibility index (Phi) is 5.11. The molecule has 6 heteroatoms. The molecule has 0 fully saturated rings. The Morgan fingerprint density at radius 1 is 1.32 bits per heavy atom. The van der Waals surface area contributed by atoms with Crippen molar-refractivity contribution in [3.05, 3.63) is 34.8 Å². The molecule has 0 aliphatic carbocycles. The SMILES string of the molecule is CCNc1nnc(COc2ccccc2CCO)s1. The van der Waals surface area contributed by atoms with Crippen LogP contribution in [-0.4, -0.2) is 28.5 Å². The van der Waals surface area contributed by atoms with Gasteiger partial charge in [-0.25, -0.2) is 0 Å². The van der Waals surface area contributed by atoms with E-state index in [0.29, 0.717) is 13.0 Å². The molecule has 0 atom stereocenters. The molecular weight excluding hydrogens is 262 g/mol. The van der Waals surface area contributed by atoms with E-state index in [1.165, 1.54) is 11.3 Å². The number of nitrogens with one attached hydrogen (secondary N) is 1. The minimum atomic E-state index is 0.115. The van der Waals surface area contributed by atoms with Crippen LogP contribution in [0.15, 0.2) is 24.3 Å². The lowest BCUT2D eigenvalue weighted by Gasteiger charge is -2.08. The fourth-order valence-electron chi connectivity index (χ4n) is 1.65. The monoisotopic (exact) mass is 279 g/mol. The van der Waals surface area contributed by atoms with E-state index in [-0.39, 0.29) is 6.61 Å². The lowest BCUT2D eigenvalue weighted by Crippen LogP contribution is -2.00. The molecule has 2 rings (SSSR count). The fourth-order valence-corrected chi connectivity index (χ4v) is 2.37. The van der Waals surface area contributed by atoms with Crippen molar-refractivity contribution in [2.24, 2.45) is 0 Å². The fraction of sp³-hybridized carbons (Fsp3) is 0.385. The molecule has 0 radical (unpaired) electrons. The predicted octanol–water partition coefficient (Wildman–Crippen LogP) is 2.08. The summed E-state index contributed by atoms with van der Waals surface area (Å²) in [4.78, 5) is 0. The molecule has 0 saturated heterocycles. The highest BCUT2D eigenvalue weighted by Gasteiger charge is 2.06. The molecule has 0 aliphatic heterocycles. The van der Waals surface area contributed by atoms with Crippen molar-refractivity contribution in [1.82, 2.24) is 10.2 Å². The first-order valence-electron chi connectivity index (χ1n) is 6.21. The first-order chi connectivity index (χ1) is 9.33. The molecular formula is C13H17N3O2S. The molecule has 0 spiro atoms. The van der Waals surface area contributed by atoms with Gasteiger partial charge in [0.1, 0.15) is 12.4 Å². The topological polar surface area (TPSA) is 67.3 Å². The number of hydrogen-bond donors (Lipinski definition) is 2. The summed E-state index contributed by atoms with van der Waals surface area (Å²) < 4.78 is 5.74. The Balaban J connectivity index is 1.97. The summed E-state index contributed by atoms with van der Waals surface area (Å²) in [6.45, 7) is 3.35. The number of rotatable bonds is 7. The standard InChI is InChI=1S/C13H17N3O2S/c1-2-14-13-16-15-12(19-13)9-18-11-6-4-3-5-10(11)7-8-17/h3-6,17H,2,7-9H2,1H3,(H,14,16). The summed E-state index contributed by atoms with van der Waals surface area (Å²) in [5.41, 5.74) is 1.00. The van der Waals surface area contributed by atoms with Crippen molar-refractivity contribution in [3.8, 4) is 5.75 Å². The largest absolute Gasteiger partial charge is 0.486 e. The van der Waals surface area contributed by atoms with Crippen LogP contribution in [0.1, 0.15) is 17.5 Å². The highest BCUT2D eigenvalue weighted by atomic mass is 32.1. The molecule has 1 aromatic carbocycles. The second-order valence-electron chi connectivity index (χ2n) is 3.90. The Bertz CT molecular complexity index is 516. The predicted molar refractivity (Wildman–Crippen MR) is 75.6 cm³/mol. The van der Waals surface area contributed by atoms with E-state index in [9.17, 15) is 0 Å². The number of benzene rings is 1. The lowest BCUT2D eigenvalue weighted by molar-refractivity contribution is 0.283. The van der Waals surface area contributed by atoms with E-state index in [4.69, 9.17) is 9.84 Å². The summed E-state index contributed by atoms with van der Waals surface area (Å²) in [5.74, 6) is 0.789. The summed E-state index contributed by atoms with van der Waals surface area (Å²) in [6, 6.07) is 7.71. The van der Waals surface area contributed by atoms with Crippen molar-refractivity contribution in [2.45, 2.75) is 20.0 Å². The minimum absolute atomic E-state index is 0.115. The van der Waals surface area contributed by atoms with Crippen molar-refractivity contribution < 1.29 is 9.84 Å². The molecule has 0 amide bonds. The summed E-state index contributed by atoms with van der Waals surface area (Å²) in [6.07, 6.45) is 0.592. The average molecular weight is 279 g/mol. The molecule has 0 unspecified atom stereocenters. The van der Waals surface area contributed by atoms with Crippen LogP contribution >= 0.6 is 11.3 Å². The maximum atomic E-state index is 9.01. The number of para-hydroxylation sites is 1. The van der Waals surface area contributed by atoms with Gasteiger partial charge in [0.2, 0.25) is 5.13 Å². The van der Waals surface area contributed by atoms with Crippen LogP contribution in [0.4, 0.5) is 5.13 Å². The van der Waals surface area contributed by atoms with Gasteiger partial charge in [0.25, 0.3) is 0 Å². The van der Waals surface area contributed by atoms with Crippen molar-refractivity contribution in [3.63, 3.8) is 0 Å². The van der Waals surface area contributed by atoms with Crippen molar-refractivity contribution in [1.29, 1.82) is 0 Å². The molecule has 2 aromatic rings. The zero-order valence-electron chi connectivity index (χ0n) is 10.8. The number of nitrogens with zero attached hydrogens (tertiary/aromatic N) is 2. The number of anilines is 1. The normalized spacial score (nSPS) is 10.4. The van der Waals surface area contributed by atoms with E-state index >= 15 is 0 Å². The third-order valence-electron chi connectivity index (χ3n) is 2.50. The maximum Gasteiger partial charge on any atom is 0.205 e. The van der Waals surface area contributed by atoms with Gasteiger partial charge >= 0.3 is 0 Å². The second kappa shape index (κ2) is 7.06. The highest BCUT2D eigenvalue weighted by Crippen LogP contribution is 2.21. The molecule has 102 valence electrons. The lowest BCUT2D eigenvalue weighted by atomic mass is 10.1. The maximum absolute atomic E-state index is 9.01. The van der Waals surface area contributed by atoms with E-state index in [1.54, 1.807) is 0 Å². The van der Waals surface area contributed by atoms with Gasteiger partial charge < -0.3 is 15.2 Å². The van der Waals surface area contributed by atoms with Crippen LogP contribution in [0.25, 0.3) is 0 Å². The summed E-state index contributed by atoms with van der Waals surface area (Å²) >= 11 is 1.49. The van der Waals surface area contributed by atoms with Crippen molar-refractivity contribution in [2.75, 3.05) is 18.5 Å².